The van der Waals surface area contributed by atoms with E-state index < -0.39 is 11.6 Å². The number of nitrogens with one attached hydrogen (secondary N) is 1. The predicted molar refractivity (Wildman–Crippen MR) is 81.8 cm³/mol. The zero-order valence-corrected chi connectivity index (χ0v) is 12.8. The number of hydrogen-bond acceptors (Lipinski definition) is 1. The summed E-state index contributed by atoms with van der Waals surface area (Å²) in [5.41, 5.74) is 2.15. The molecule has 0 amide bonds. The molecule has 0 aromatic heterocycles. The first-order valence-corrected chi connectivity index (χ1v) is 7.36. The standard InChI is InChI=1S/C16H16BrF2N/c1-2-3-11-4-6-12(7-5-11)20-10-13-15(18)9-8-14(17)16(13)19/h4-9,20H,2-3,10H2,1H3. The van der Waals surface area contributed by atoms with E-state index in [9.17, 15) is 8.78 Å². The van der Waals surface area contributed by atoms with Gasteiger partial charge in [0.1, 0.15) is 11.6 Å². The molecule has 0 atom stereocenters. The minimum absolute atomic E-state index is 0.0389. The van der Waals surface area contributed by atoms with E-state index in [1.807, 2.05) is 24.3 Å². The van der Waals surface area contributed by atoms with Crippen molar-refractivity contribution in [1.29, 1.82) is 0 Å². The lowest BCUT2D eigenvalue weighted by Crippen LogP contribution is -2.05. The van der Waals surface area contributed by atoms with Gasteiger partial charge < -0.3 is 5.32 Å². The fourth-order valence-corrected chi connectivity index (χ4v) is 2.37. The van der Waals surface area contributed by atoms with E-state index in [-0.39, 0.29) is 16.6 Å². The molecule has 4 heteroatoms. The Kier molecular flexibility index (Phi) is 5.12. The van der Waals surface area contributed by atoms with Crippen LogP contribution in [0.25, 0.3) is 0 Å². The second-order valence-electron chi connectivity index (χ2n) is 4.62. The minimum atomic E-state index is -0.555. The van der Waals surface area contributed by atoms with Crippen LogP contribution >= 0.6 is 15.9 Å². The highest BCUT2D eigenvalue weighted by Gasteiger charge is 2.11. The van der Waals surface area contributed by atoms with Gasteiger partial charge in [-0.25, -0.2) is 8.78 Å². The third-order valence-corrected chi connectivity index (χ3v) is 3.71. The number of aryl methyl sites for hydroxylation is 1. The van der Waals surface area contributed by atoms with Crippen LogP contribution in [0.3, 0.4) is 0 Å². The maximum atomic E-state index is 13.8. The summed E-state index contributed by atoms with van der Waals surface area (Å²) in [5.74, 6) is -1.10. The lowest BCUT2D eigenvalue weighted by atomic mass is 10.1. The molecular weight excluding hydrogens is 324 g/mol. The highest BCUT2D eigenvalue weighted by Crippen LogP contribution is 2.22. The number of hydrogen-bond donors (Lipinski definition) is 1. The Balaban J connectivity index is 2.07. The Labute approximate surface area is 126 Å². The number of benzene rings is 2. The van der Waals surface area contributed by atoms with E-state index in [1.54, 1.807) is 0 Å². The number of halogens is 3. The Morgan fingerprint density at radius 1 is 1.05 bits per heavy atom. The summed E-state index contributed by atoms with van der Waals surface area (Å²) in [6, 6.07) is 10.5. The van der Waals surface area contributed by atoms with Crippen molar-refractivity contribution < 1.29 is 8.78 Å². The van der Waals surface area contributed by atoms with Crippen LogP contribution in [0, 0.1) is 11.6 Å². The third-order valence-electron chi connectivity index (χ3n) is 3.10. The van der Waals surface area contributed by atoms with Crippen LogP contribution in [-0.4, -0.2) is 0 Å². The van der Waals surface area contributed by atoms with Gasteiger partial charge in [-0.1, -0.05) is 25.5 Å². The summed E-state index contributed by atoms with van der Waals surface area (Å²) >= 11 is 3.06. The lowest BCUT2D eigenvalue weighted by Gasteiger charge is -2.10. The molecule has 2 rings (SSSR count). The van der Waals surface area contributed by atoms with Gasteiger partial charge in [-0.15, -0.1) is 0 Å². The Hall–Kier alpha value is -1.42. The van der Waals surface area contributed by atoms with E-state index >= 15 is 0 Å². The summed E-state index contributed by atoms with van der Waals surface area (Å²) in [4.78, 5) is 0. The van der Waals surface area contributed by atoms with Gasteiger partial charge in [0, 0.05) is 17.8 Å². The SMILES string of the molecule is CCCc1ccc(NCc2c(F)ccc(Br)c2F)cc1. The van der Waals surface area contributed by atoms with Crippen molar-refractivity contribution in [3.05, 3.63) is 63.6 Å². The van der Waals surface area contributed by atoms with Gasteiger partial charge in [-0.05, 0) is 52.2 Å². The quantitative estimate of drug-likeness (QED) is 0.729. The molecule has 0 spiro atoms. The van der Waals surface area contributed by atoms with Crippen LogP contribution < -0.4 is 5.32 Å². The van der Waals surface area contributed by atoms with Crippen LogP contribution in [0.5, 0.6) is 0 Å². The molecule has 0 heterocycles. The van der Waals surface area contributed by atoms with Crippen molar-refractivity contribution in [2.45, 2.75) is 26.3 Å². The van der Waals surface area contributed by atoms with Gasteiger partial charge in [0.2, 0.25) is 0 Å². The molecule has 2 aromatic carbocycles. The first-order valence-electron chi connectivity index (χ1n) is 6.57. The molecule has 0 aliphatic rings. The maximum Gasteiger partial charge on any atom is 0.145 e. The summed E-state index contributed by atoms with van der Waals surface area (Å²) in [7, 11) is 0. The van der Waals surface area contributed by atoms with Crippen molar-refractivity contribution in [1.82, 2.24) is 0 Å². The van der Waals surface area contributed by atoms with Gasteiger partial charge in [0.05, 0.1) is 4.47 Å². The predicted octanol–water partition coefficient (Wildman–Crippen LogP) is 5.29. The molecule has 0 saturated carbocycles. The molecule has 0 unspecified atom stereocenters. The van der Waals surface area contributed by atoms with Crippen molar-refractivity contribution in [2.24, 2.45) is 0 Å². The van der Waals surface area contributed by atoms with E-state index in [4.69, 9.17) is 0 Å². The summed E-state index contributed by atoms with van der Waals surface area (Å²) in [5, 5.41) is 3.04. The number of rotatable bonds is 5. The van der Waals surface area contributed by atoms with Crippen molar-refractivity contribution in [3.8, 4) is 0 Å². The van der Waals surface area contributed by atoms with E-state index in [2.05, 4.69) is 28.2 Å². The molecule has 0 radical (unpaired) electrons. The molecule has 0 aliphatic heterocycles. The van der Waals surface area contributed by atoms with Crippen LogP contribution in [-0.2, 0) is 13.0 Å². The highest BCUT2D eigenvalue weighted by atomic mass is 79.9. The third kappa shape index (κ3) is 3.57. The van der Waals surface area contributed by atoms with E-state index in [1.165, 1.54) is 17.7 Å². The fraction of sp³-hybridized carbons (Fsp3) is 0.250. The van der Waals surface area contributed by atoms with Crippen LogP contribution in [0.15, 0.2) is 40.9 Å². The smallest absolute Gasteiger partial charge is 0.145 e. The lowest BCUT2D eigenvalue weighted by molar-refractivity contribution is 0.555. The van der Waals surface area contributed by atoms with Crippen LogP contribution in [0.2, 0.25) is 0 Å². The van der Waals surface area contributed by atoms with Gasteiger partial charge in [-0.2, -0.15) is 0 Å². The van der Waals surface area contributed by atoms with Crippen molar-refractivity contribution in [3.63, 3.8) is 0 Å². The zero-order valence-electron chi connectivity index (χ0n) is 11.2. The fourth-order valence-electron chi connectivity index (χ4n) is 2.00. The Morgan fingerprint density at radius 3 is 2.40 bits per heavy atom. The molecule has 20 heavy (non-hydrogen) atoms. The Bertz CT molecular complexity index is 582. The summed E-state index contributed by atoms with van der Waals surface area (Å²) in [6.45, 7) is 2.25. The molecule has 1 N–H and O–H groups in total. The normalized spacial score (nSPS) is 10.6. The minimum Gasteiger partial charge on any atom is -0.381 e. The average molecular weight is 340 g/mol. The van der Waals surface area contributed by atoms with Gasteiger partial charge in [-0.3, -0.25) is 0 Å². The topological polar surface area (TPSA) is 12.0 Å². The van der Waals surface area contributed by atoms with Gasteiger partial charge in [0.25, 0.3) is 0 Å². The van der Waals surface area contributed by atoms with E-state index in [0.29, 0.717) is 0 Å². The molecule has 0 aliphatic carbocycles. The van der Waals surface area contributed by atoms with Crippen molar-refractivity contribution in [2.75, 3.05) is 5.32 Å². The first-order chi connectivity index (χ1) is 9.61. The molecule has 0 fully saturated rings. The zero-order chi connectivity index (χ0) is 14.5. The number of anilines is 1. The molecule has 1 nitrogen and oxygen atoms in total. The van der Waals surface area contributed by atoms with Gasteiger partial charge >= 0.3 is 0 Å². The van der Waals surface area contributed by atoms with Crippen molar-refractivity contribution >= 4 is 21.6 Å². The second-order valence-corrected chi connectivity index (χ2v) is 5.48. The highest BCUT2D eigenvalue weighted by molar-refractivity contribution is 9.10. The average Bonchev–Trinajstić information content (AvgIpc) is 2.45. The molecule has 2 aromatic rings. The maximum absolute atomic E-state index is 13.8. The second kappa shape index (κ2) is 6.84. The molecule has 0 saturated heterocycles. The largest absolute Gasteiger partial charge is 0.381 e. The first kappa shape index (κ1) is 15.0. The molecule has 106 valence electrons. The van der Waals surface area contributed by atoms with Crippen LogP contribution in [0.4, 0.5) is 14.5 Å². The Morgan fingerprint density at radius 2 is 1.75 bits per heavy atom. The van der Waals surface area contributed by atoms with E-state index in [0.717, 1.165) is 18.5 Å². The van der Waals surface area contributed by atoms with Crippen LogP contribution in [0.1, 0.15) is 24.5 Å². The summed E-state index contributed by atoms with van der Waals surface area (Å²) in [6.07, 6.45) is 2.14. The van der Waals surface area contributed by atoms with Gasteiger partial charge in [0.15, 0.2) is 0 Å². The molecular formula is C16H16BrF2N. The summed E-state index contributed by atoms with van der Waals surface area (Å²) < 4.78 is 27.7. The monoisotopic (exact) mass is 339 g/mol. The molecule has 0 bridgehead atoms.